The minimum Gasteiger partial charge on any atom is -0.187 e. The Morgan fingerprint density at radius 2 is 1.44 bits per heavy atom. The van der Waals surface area contributed by atoms with Crippen LogP contribution in [0.3, 0.4) is 0 Å². The fourth-order valence-electron chi connectivity index (χ4n) is 8.82. The van der Waals surface area contributed by atoms with Gasteiger partial charge in [0.15, 0.2) is 12.4 Å². The molecule has 3 atom stereocenters. The van der Waals surface area contributed by atoms with E-state index in [1.54, 1.807) is 0 Å². The predicted octanol–water partition coefficient (Wildman–Crippen LogP) is 8.91. The first kappa shape index (κ1) is 26.3. The molecule has 5 aromatic rings. The third-order valence-electron chi connectivity index (χ3n) is 10.8. The van der Waals surface area contributed by atoms with E-state index in [0.717, 1.165) is 19.3 Å². The van der Waals surface area contributed by atoms with Gasteiger partial charge in [-0.2, -0.15) is 9.13 Å². The average molecular weight is 561 g/mol. The van der Waals surface area contributed by atoms with Gasteiger partial charge in [-0.15, -0.1) is 0 Å². The van der Waals surface area contributed by atoms with Crippen LogP contribution in [0.2, 0.25) is 0 Å². The van der Waals surface area contributed by atoms with Gasteiger partial charge >= 0.3 is 0 Å². The minimum absolute atomic E-state index is 0.0547. The Bertz CT molecular complexity index is 1850. The van der Waals surface area contributed by atoms with Gasteiger partial charge in [-0.1, -0.05) is 93.9 Å². The highest BCUT2D eigenvalue weighted by Gasteiger charge is 2.72. The molecule has 0 bridgehead atoms. The van der Waals surface area contributed by atoms with Crippen LogP contribution in [0.4, 0.5) is 0 Å². The average Bonchev–Trinajstić information content (AvgIpc) is 3.38. The van der Waals surface area contributed by atoms with Crippen molar-refractivity contribution in [2.75, 3.05) is 0 Å². The molecule has 1 aliphatic carbocycles. The van der Waals surface area contributed by atoms with E-state index in [4.69, 9.17) is 0 Å². The van der Waals surface area contributed by atoms with Crippen molar-refractivity contribution in [1.29, 1.82) is 0 Å². The van der Waals surface area contributed by atoms with Gasteiger partial charge in [-0.3, -0.25) is 0 Å². The molecule has 212 valence electrons. The van der Waals surface area contributed by atoms with E-state index < -0.39 is 0 Å². The number of fused-ring (bicyclic) bond motifs is 9. The van der Waals surface area contributed by atoms with Crippen LogP contribution in [-0.4, -0.2) is 0 Å². The van der Waals surface area contributed by atoms with Crippen molar-refractivity contribution < 1.29 is 9.13 Å². The zero-order valence-corrected chi connectivity index (χ0v) is 25.6. The van der Waals surface area contributed by atoms with Gasteiger partial charge in [-0.25, -0.2) is 0 Å². The molecule has 2 aromatic heterocycles. The molecule has 2 aliphatic heterocycles. The molecule has 0 amide bonds. The second-order valence-electron chi connectivity index (χ2n) is 12.6. The van der Waals surface area contributed by atoms with E-state index in [1.165, 1.54) is 68.7 Å². The van der Waals surface area contributed by atoms with Crippen molar-refractivity contribution in [1.82, 2.24) is 0 Å². The van der Waals surface area contributed by atoms with E-state index >= 15 is 0 Å². The molecule has 0 fully saturated rings. The van der Waals surface area contributed by atoms with Crippen molar-refractivity contribution >= 4 is 0 Å². The molecule has 3 aliphatic rings. The van der Waals surface area contributed by atoms with E-state index in [0.29, 0.717) is 0 Å². The Balaban J connectivity index is 1.33. The van der Waals surface area contributed by atoms with Gasteiger partial charge in [0.05, 0.1) is 22.1 Å². The highest BCUT2D eigenvalue weighted by molar-refractivity contribution is 5.75. The van der Waals surface area contributed by atoms with E-state index in [1.807, 2.05) is 0 Å². The number of allylic oxidation sites excluding steroid dienone is 2. The van der Waals surface area contributed by atoms with Crippen molar-refractivity contribution in [3.05, 3.63) is 144 Å². The Kier molecular flexibility index (Phi) is 6.05. The molecule has 0 N–H and O–H groups in total. The monoisotopic (exact) mass is 560 g/mol. The first-order valence-electron chi connectivity index (χ1n) is 16.2. The summed E-state index contributed by atoms with van der Waals surface area (Å²) in [6.45, 7) is 7.06. The van der Waals surface area contributed by atoms with Crippen LogP contribution in [0.5, 0.6) is 0 Å². The van der Waals surface area contributed by atoms with E-state index in [-0.39, 0.29) is 17.0 Å². The molecule has 0 radical (unpaired) electrons. The Hall–Kier alpha value is -4.30. The summed E-state index contributed by atoms with van der Waals surface area (Å²) in [4.78, 5) is 0. The molecule has 2 heteroatoms. The number of nitrogens with zero attached hydrogens (tertiary/aromatic N) is 2. The molecule has 0 spiro atoms. The molecule has 0 saturated carbocycles. The zero-order chi connectivity index (χ0) is 29.2. The maximum absolute atomic E-state index is 2.66. The molecule has 3 aromatic carbocycles. The van der Waals surface area contributed by atoms with Gasteiger partial charge < -0.3 is 0 Å². The Morgan fingerprint density at radius 3 is 2.23 bits per heavy atom. The second kappa shape index (κ2) is 9.88. The minimum atomic E-state index is -0.157. The quantitative estimate of drug-likeness (QED) is 0.139. The number of benzene rings is 3. The summed E-state index contributed by atoms with van der Waals surface area (Å²) in [7, 11) is 0. The van der Waals surface area contributed by atoms with Crippen molar-refractivity contribution in [3.8, 4) is 33.6 Å². The van der Waals surface area contributed by atoms with Crippen LogP contribution in [0.15, 0.2) is 127 Å². The van der Waals surface area contributed by atoms with Crippen molar-refractivity contribution in [2.24, 2.45) is 0 Å². The standard InChI is InChI=1S/C41H40N2/c1-4-7-14-29-20-22-30(23-21-29)31-24-26-43-38(27-31)34-17-10-11-18-35(34)40(5-2)28-36(41(40,43)6-3)39-33-16-9-8-15-32(33)37-19-12-13-25-42(37)39/h8-13,15-28,39H,4-7,14H2,1-3H3/q+2. The van der Waals surface area contributed by atoms with Crippen LogP contribution >= 0.6 is 0 Å². The van der Waals surface area contributed by atoms with Gasteiger partial charge in [-0.05, 0) is 59.7 Å². The van der Waals surface area contributed by atoms with Gasteiger partial charge in [0.1, 0.15) is 0 Å². The lowest BCUT2D eigenvalue weighted by molar-refractivity contribution is -0.772. The lowest BCUT2D eigenvalue weighted by Gasteiger charge is -2.56. The molecule has 0 saturated heterocycles. The number of pyridine rings is 2. The molecule has 2 nitrogen and oxygen atoms in total. The van der Waals surface area contributed by atoms with Gasteiger partial charge in [0.2, 0.25) is 23.0 Å². The SMILES string of the molecule is CCCCc1ccc(-c2cc[n+]3c(c2)-c2ccccc2C2(CC)C=C(C4c5ccccc5-c5cccc[n+]54)C32CC)cc1. The summed E-state index contributed by atoms with van der Waals surface area (Å²) in [5.74, 6) is 0. The lowest BCUT2D eigenvalue weighted by atomic mass is 9.47. The third-order valence-corrected chi connectivity index (χ3v) is 10.8. The van der Waals surface area contributed by atoms with Gasteiger partial charge in [0, 0.05) is 36.2 Å². The fraction of sp³-hybridized carbons (Fsp3) is 0.268. The van der Waals surface area contributed by atoms with Crippen LogP contribution in [0, 0.1) is 0 Å². The summed E-state index contributed by atoms with van der Waals surface area (Å²) in [6, 6.07) is 39.1. The van der Waals surface area contributed by atoms with Crippen LogP contribution in [-0.2, 0) is 17.4 Å². The molecule has 4 heterocycles. The lowest BCUT2D eigenvalue weighted by Crippen LogP contribution is -2.76. The third kappa shape index (κ3) is 3.47. The highest BCUT2D eigenvalue weighted by atomic mass is 15.1. The van der Waals surface area contributed by atoms with Gasteiger partial charge in [0.25, 0.3) is 0 Å². The number of hydrogen-bond acceptors (Lipinski definition) is 0. The van der Waals surface area contributed by atoms with Crippen LogP contribution in [0.1, 0.15) is 69.2 Å². The summed E-state index contributed by atoms with van der Waals surface area (Å²) in [6.07, 6.45) is 13.1. The Morgan fingerprint density at radius 1 is 0.674 bits per heavy atom. The zero-order valence-electron chi connectivity index (χ0n) is 25.6. The fourth-order valence-corrected chi connectivity index (χ4v) is 8.82. The van der Waals surface area contributed by atoms with E-state index in [2.05, 4.69) is 152 Å². The summed E-state index contributed by atoms with van der Waals surface area (Å²) in [5, 5.41) is 0. The number of hydrogen-bond donors (Lipinski definition) is 0. The molecule has 3 unspecified atom stereocenters. The van der Waals surface area contributed by atoms with Crippen LogP contribution in [0.25, 0.3) is 33.6 Å². The highest BCUT2D eigenvalue weighted by Crippen LogP contribution is 2.63. The normalized spacial score (nSPS) is 22.4. The maximum Gasteiger partial charge on any atom is 0.214 e. The number of rotatable bonds is 7. The summed E-state index contributed by atoms with van der Waals surface area (Å²) in [5.41, 5.74) is 13.6. The molecule has 43 heavy (non-hydrogen) atoms. The maximum atomic E-state index is 2.66. The number of unbranched alkanes of at least 4 members (excludes halogenated alkanes) is 1. The summed E-state index contributed by atoms with van der Waals surface area (Å²) >= 11 is 0. The van der Waals surface area contributed by atoms with Crippen molar-refractivity contribution in [2.45, 2.75) is 69.9 Å². The summed E-state index contributed by atoms with van der Waals surface area (Å²) < 4.78 is 5.18. The van der Waals surface area contributed by atoms with Crippen LogP contribution < -0.4 is 9.13 Å². The smallest absolute Gasteiger partial charge is 0.187 e. The van der Waals surface area contributed by atoms with E-state index in [9.17, 15) is 0 Å². The largest absolute Gasteiger partial charge is 0.214 e. The number of aryl methyl sites for hydroxylation is 1. The topological polar surface area (TPSA) is 7.76 Å². The number of aromatic nitrogens is 2. The first-order valence-corrected chi connectivity index (χ1v) is 16.2. The Labute approximate surface area is 256 Å². The first-order chi connectivity index (χ1) is 21.2. The second-order valence-corrected chi connectivity index (χ2v) is 12.6. The molecular weight excluding hydrogens is 520 g/mol. The molecule has 8 rings (SSSR count). The predicted molar refractivity (Wildman–Crippen MR) is 175 cm³/mol. The van der Waals surface area contributed by atoms with Crippen molar-refractivity contribution in [3.63, 3.8) is 0 Å². The molecular formula is C41H40N2+2.